The van der Waals surface area contributed by atoms with Gasteiger partial charge in [-0.25, -0.2) is 4.79 Å². The Morgan fingerprint density at radius 3 is 2.76 bits per heavy atom. The van der Waals surface area contributed by atoms with Crippen molar-refractivity contribution in [3.05, 3.63) is 11.6 Å². The third kappa shape index (κ3) is 7.13. The Labute approximate surface area is 103 Å². The van der Waals surface area contributed by atoms with E-state index >= 15 is 0 Å². The van der Waals surface area contributed by atoms with E-state index in [1.807, 2.05) is 6.92 Å². The molecule has 1 fully saturated rings. The van der Waals surface area contributed by atoms with Gasteiger partial charge in [-0.2, -0.15) is 0 Å². The van der Waals surface area contributed by atoms with E-state index in [0.29, 0.717) is 19.3 Å². The van der Waals surface area contributed by atoms with Crippen LogP contribution in [0.1, 0.15) is 39.0 Å². The lowest BCUT2D eigenvalue weighted by atomic mass is 9.98. The molecular formula is C13H23NO3. The summed E-state index contributed by atoms with van der Waals surface area (Å²) in [5.74, 6) is -0.886. The van der Waals surface area contributed by atoms with Crippen LogP contribution in [-0.4, -0.2) is 36.9 Å². The number of carboxylic acid groups (broad SMARTS) is 1. The predicted octanol–water partition coefficient (Wildman–Crippen LogP) is 1.96. The van der Waals surface area contributed by atoms with Crippen LogP contribution in [-0.2, 0) is 9.53 Å². The molecule has 0 atom stereocenters. The van der Waals surface area contributed by atoms with Gasteiger partial charge in [0.15, 0.2) is 0 Å². The lowest BCUT2D eigenvalue weighted by molar-refractivity contribution is -0.131. The lowest BCUT2D eigenvalue weighted by Crippen LogP contribution is -2.25. The fraction of sp³-hybridized carbons (Fsp3) is 0.769. The Bertz CT molecular complexity index is 257. The van der Waals surface area contributed by atoms with E-state index in [1.165, 1.54) is 38.2 Å². The monoisotopic (exact) mass is 241 g/mol. The van der Waals surface area contributed by atoms with E-state index in [1.54, 1.807) is 0 Å². The number of rotatable bonds is 7. The number of hydrogen-bond acceptors (Lipinski definition) is 3. The van der Waals surface area contributed by atoms with Gasteiger partial charge in [0.05, 0.1) is 12.7 Å². The molecule has 98 valence electrons. The number of aliphatic carboxylic acids is 1. The van der Waals surface area contributed by atoms with Gasteiger partial charge in [-0.15, -0.1) is 0 Å². The van der Waals surface area contributed by atoms with Crippen molar-refractivity contribution < 1.29 is 14.6 Å². The highest BCUT2D eigenvalue weighted by Crippen LogP contribution is 2.19. The summed E-state index contributed by atoms with van der Waals surface area (Å²) >= 11 is 0. The van der Waals surface area contributed by atoms with Crippen LogP contribution < -0.4 is 5.32 Å². The first-order valence-electron chi connectivity index (χ1n) is 6.41. The molecule has 2 N–H and O–H groups in total. The van der Waals surface area contributed by atoms with E-state index in [-0.39, 0.29) is 0 Å². The zero-order valence-corrected chi connectivity index (χ0v) is 10.6. The van der Waals surface area contributed by atoms with E-state index < -0.39 is 5.97 Å². The molecule has 1 saturated carbocycles. The maximum Gasteiger partial charge on any atom is 0.328 e. The van der Waals surface area contributed by atoms with Crippen LogP contribution in [0.15, 0.2) is 11.6 Å². The highest BCUT2D eigenvalue weighted by Gasteiger charge is 2.12. The summed E-state index contributed by atoms with van der Waals surface area (Å²) in [5, 5.41) is 11.7. The highest BCUT2D eigenvalue weighted by molar-refractivity contribution is 5.80. The second-order valence-corrected chi connectivity index (χ2v) is 4.64. The first-order valence-corrected chi connectivity index (χ1v) is 6.41. The maximum atomic E-state index is 10.4. The summed E-state index contributed by atoms with van der Waals surface area (Å²) < 4.78 is 5.75. The van der Waals surface area contributed by atoms with E-state index in [0.717, 1.165) is 12.1 Å². The molecule has 4 heteroatoms. The van der Waals surface area contributed by atoms with Gasteiger partial charge in [0, 0.05) is 19.2 Å². The second kappa shape index (κ2) is 8.25. The Balaban J connectivity index is 1.98. The van der Waals surface area contributed by atoms with Crippen molar-refractivity contribution in [1.82, 2.24) is 5.32 Å². The van der Waals surface area contributed by atoms with Crippen LogP contribution in [0, 0.1) is 0 Å². The average molecular weight is 241 g/mol. The van der Waals surface area contributed by atoms with Gasteiger partial charge < -0.3 is 15.2 Å². The van der Waals surface area contributed by atoms with E-state index in [4.69, 9.17) is 9.84 Å². The van der Waals surface area contributed by atoms with Gasteiger partial charge in [0.25, 0.3) is 0 Å². The average Bonchev–Trinajstić information content (AvgIpc) is 2.29. The summed E-state index contributed by atoms with van der Waals surface area (Å²) in [7, 11) is 0. The van der Waals surface area contributed by atoms with Crippen molar-refractivity contribution in [3.63, 3.8) is 0 Å². The molecule has 0 amide bonds. The minimum absolute atomic E-state index is 0.446. The molecule has 0 aliphatic heterocycles. The van der Waals surface area contributed by atoms with Gasteiger partial charge in [-0.05, 0) is 19.8 Å². The summed E-state index contributed by atoms with van der Waals surface area (Å²) in [6.07, 6.45) is 7.99. The van der Waals surface area contributed by atoms with Crippen LogP contribution in [0.25, 0.3) is 0 Å². The van der Waals surface area contributed by atoms with Gasteiger partial charge in [-0.1, -0.05) is 24.8 Å². The van der Waals surface area contributed by atoms with Crippen molar-refractivity contribution in [1.29, 1.82) is 0 Å². The fourth-order valence-corrected chi connectivity index (χ4v) is 2.08. The van der Waals surface area contributed by atoms with Crippen LogP contribution >= 0.6 is 0 Å². The number of hydrogen-bond donors (Lipinski definition) is 2. The molecular weight excluding hydrogens is 218 g/mol. The number of nitrogens with one attached hydrogen (secondary N) is 1. The number of carboxylic acids is 1. The van der Waals surface area contributed by atoms with E-state index in [2.05, 4.69) is 5.32 Å². The molecule has 0 heterocycles. The Kier molecular flexibility index (Phi) is 6.89. The van der Waals surface area contributed by atoms with Crippen LogP contribution in [0.5, 0.6) is 0 Å². The van der Waals surface area contributed by atoms with Crippen molar-refractivity contribution in [2.45, 2.75) is 45.1 Å². The first-order chi connectivity index (χ1) is 8.18. The molecule has 1 aliphatic rings. The molecule has 4 nitrogen and oxygen atoms in total. The summed E-state index contributed by atoms with van der Waals surface area (Å²) in [6, 6.07) is 0. The Morgan fingerprint density at radius 1 is 1.41 bits per heavy atom. The van der Waals surface area contributed by atoms with Gasteiger partial charge in [0.2, 0.25) is 0 Å². The smallest absolute Gasteiger partial charge is 0.328 e. The van der Waals surface area contributed by atoms with Crippen molar-refractivity contribution >= 4 is 5.97 Å². The van der Waals surface area contributed by atoms with Gasteiger partial charge in [0.1, 0.15) is 0 Å². The van der Waals surface area contributed by atoms with Crippen LogP contribution in [0.2, 0.25) is 0 Å². The molecule has 0 radical (unpaired) electrons. The molecule has 0 aromatic heterocycles. The largest absolute Gasteiger partial charge is 0.478 e. The fourth-order valence-electron chi connectivity index (χ4n) is 2.08. The summed E-state index contributed by atoms with van der Waals surface area (Å²) in [6.45, 7) is 3.91. The molecule has 0 saturated heterocycles. The molecule has 0 unspecified atom stereocenters. The standard InChI is InChI=1S/C13H23NO3/c1-11(9-13(15)16)10-14-7-8-17-12-5-3-2-4-6-12/h9,12,14H,2-8,10H2,1H3,(H,15,16). The quantitative estimate of drug-likeness (QED) is 0.528. The number of carbonyl (C=O) groups is 1. The minimum Gasteiger partial charge on any atom is -0.478 e. The lowest BCUT2D eigenvalue weighted by Gasteiger charge is -2.22. The summed E-state index contributed by atoms with van der Waals surface area (Å²) in [5.41, 5.74) is 0.829. The Hall–Kier alpha value is -0.870. The molecule has 0 aromatic rings. The summed E-state index contributed by atoms with van der Waals surface area (Å²) in [4.78, 5) is 10.4. The SMILES string of the molecule is CC(=CC(=O)O)CNCCOC1CCCCC1. The minimum atomic E-state index is -0.886. The molecule has 0 spiro atoms. The number of ether oxygens (including phenoxy) is 1. The second-order valence-electron chi connectivity index (χ2n) is 4.64. The predicted molar refractivity (Wildman–Crippen MR) is 67.1 cm³/mol. The topological polar surface area (TPSA) is 58.6 Å². The molecule has 0 aromatic carbocycles. The molecule has 17 heavy (non-hydrogen) atoms. The zero-order valence-electron chi connectivity index (χ0n) is 10.6. The van der Waals surface area contributed by atoms with E-state index in [9.17, 15) is 4.79 Å². The maximum absolute atomic E-state index is 10.4. The zero-order chi connectivity index (χ0) is 12.5. The van der Waals surface area contributed by atoms with Crippen molar-refractivity contribution in [2.75, 3.05) is 19.7 Å². The van der Waals surface area contributed by atoms with Crippen LogP contribution in [0.4, 0.5) is 0 Å². The third-order valence-corrected chi connectivity index (χ3v) is 2.96. The molecule has 1 rings (SSSR count). The highest BCUT2D eigenvalue weighted by atomic mass is 16.5. The first kappa shape index (κ1) is 14.2. The van der Waals surface area contributed by atoms with Crippen LogP contribution in [0.3, 0.4) is 0 Å². The van der Waals surface area contributed by atoms with Crippen molar-refractivity contribution in [3.8, 4) is 0 Å². The third-order valence-electron chi connectivity index (χ3n) is 2.96. The Morgan fingerprint density at radius 2 is 2.12 bits per heavy atom. The molecule has 1 aliphatic carbocycles. The molecule has 0 bridgehead atoms. The normalized spacial score (nSPS) is 18.3. The van der Waals surface area contributed by atoms with Gasteiger partial charge in [-0.3, -0.25) is 0 Å². The van der Waals surface area contributed by atoms with Crippen molar-refractivity contribution in [2.24, 2.45) is 0 Å². The van der Waals surface area contributed by atoms with Gasteiger partial charge >= 0.3 is 5.97 Å².